The summed E-state index contributed by atoms with van der Waals surface area (Å²) >= 11 is 1.44. The number of amides is 2. The average molecular weight is 344 g/mol. The number of carbonyl (C=O) groups excluding carboxylic acids is 2. The molecule has 3 heterocycles. The summed E-state index contributed by atoms with van der Waals surface area (Å²) in [6, 6.07) is 5.74. The van der Waals surface area contributed by atoms with Crippen molar-refractivity contribution in [3.05, 3.63) is 30.1 Å². The van der Waals surface area contributed by atoms with Gasteiger partial charge >= 0.3 is 0 Å². The normalized spacial score (nSPS) is 15.3. The number of aryl methyl sites for hydroxylation is 1. The smallest absolute Gasteiger partial charge is 0.229 e. The van der Waals surface area contributed by atoms with E-state index in [0.717, 1.165) is 16.3 Å². The first kappa shape index (κ1) is 16.6. The van der Waals surface area contributed by atoms with Crippen LogP contribution in [0.5, 0.6) is 0 Å². The van der Waals surface area contributed by atoms with Crippen molar-refractivity contribution in [3.8, 4) is 10.6 Å². The van der Waals surface area contributed by atoms with Crippen LogP contribution in [0.25, 0.3) is 10.6 Å². The van der Waals surface area contributed by atoms with Crippen LogP contribution in [0.2, 0.25) is 0 Å². The molecule has 2 aromatic heterocycles. The summed E-state index contributed by atoms with van der Waals surface area (Å²) in [5.41, 5.74) is 1.73. The van der Waals surface area contributed by atoms with Gasteiger partial charge in [-0.1, -0.05) is 17.4 Å². The van der Waals surface area contributed by atoms with Crippen LogP contribution in [-0.2, 0) is 9.59 Å². The van der Waals surface area contributed by atoms with Crippen molar-refractivity contribution in [2.45, 2.75) is 26.7 Å². The van der Waals surface area contributed by atoms with Crippen LogP contribution in [0, 0.1) is 12.8 Å². The predicted molar refractivity (Wildman–Crippen MR) is 93.7 cm³/mol. The van der Waals surface area contributed by atoms with E-state index in [9.17, 15) is 9.59 Å². The Morgan fingerprint density at radius 3 is 2.67 bits per heavy atom. The number of hydrogen-bond acceptors (Lipinski definition) is 5. The Labute approximate surface area is 144 Å². The molecule has 7 heteroatoms. The second-order valence-electron chi connectivity index (χ2n) is 5.92. The lowest BCUT2D eigenvalue weighted by Gasteiger charge is -2.30. The van der Waals surface area contributed by atoms with Crippen molar-refractivity contribution in [3.63, 3.8) is 0 Å². The van der Waals surface area contributed by atoms with Crippen molar-refractivity contribution >= 4 is 28.3 Å². The lowest BCUT2D eigenvalue weighted by atomic mass is 9.96. The zero-order chi connectivity index (χ0) is 17.1. The second-order valence-corrected chi connectivity index (χ2v) is 6.92. The minimum Gasteiger partial charge on any atom is -0.343 e. The number of carbonyl (C=O) groups is 2. The van der Waals surface area contributed by atoms with Crippen molar-refractivity contribution < 1.29 is 9.59 Å². The molecule has 6 nitrogen and oxygen atoms in total. The minimum atomic E-state index is -0.0666. The van der Waals surface area contributed by atoms with Gasteiger partial charge in [0.2, 0.25) is 11.8 Å². The Bertz CT molecular complexity index is 736. The summed E-state index contributed by atoms with van der Waals surface area (Å²) in [4.78, 5) is 35.3. The number of rotatable bonds is 3. The number of pyridine rings is 1. The van der Waals surface area contributed by atoms with Gasteiger partial charge in [-0.3, -0.25) is 14.6 Å². The molecule has 0 spiro atoms. The summed E-state index contributed by atoms with van der Waals surface area (Å²) in [6.07, 6.45) is 3.14. The molecule has 126 valence electrons. The van der Waals surface area contributed by atoms with E-state index in [2.05, 4.69) is 15.3 Å². The number of aromatic nitrogens is 2. The Hall–Kier alpha value is -2.28. The topological polar surface area (TPSA) is 75.2 Å². The molecule has 1 saturated heterocycles. The Morgan fingerprint density at radius 1 is 1.29 bits per heavy atom. The highest BCUT2D eigenvalue weighted by Crippen LogP contribution is 2.31. The fourth-order valence-corrected chi connectivity index (χ4v) is 3.79. The number of hydrogen-bond donors (Lipinski definition) is 1. The molecule has 24 heavy (non-hydrogen) atoms. The lowest BCUT2D eigenvalue weighted by molar-refractivity contribution is -0.132. The van der Waals surface area contributed by atoms with Crippen molar-refractivity contribution in [1.82, 2.24) is 14.9 Å². The lowest BCUT2D eigenvalue weighted by Crippen LogP contribution is -2.40. The number of piperidine rings is 1. The standard InChI is InChI=1S/C17H20N4O2S/c1-11-15(14-5-3-4-8-18-14)24-17(19-11)20-16(23)13-6-9-21(10-7-13)12(2)22/h3-5,8,13H,6-7,9-10H2,1-2H3,(H,19,20,23). The van der Waals surface area contributed by atoms with Gasteiger partial charge < -0.3 is 10.2 Å². The monoisotopic (exact) mass is 344 g/mol. The molecule has 0 saturated carbocycles. The van der Waals surface area contributed by atoms with Crippen LogP contribution in [0.15, 0.2) is 24.4 Å². The molecule has 2 aromatic rings. The summed E-state index contributed by atoms with van der Waals surface area (Å²) in [5, 5.41) is 3.53. The maximum atomic E-state index is 12.4. The fourth-order valence-electron chi connectivity index (χ4n) is 2.85. The third-order valence-corrected chi connectivity index (χ3v) is 5.33. The second kappa shape index (κ2) is 7.09. The molecule has 1 N–H and O–H groups in total. The van der Waals surface area contributed by atoms with Crippen LogP contribution in [0.1, 0.15) is 25.5 Å². The molecule has 1 aliphatic heterocycles. The fraction of sp³-hybridized carbons (Fsp3) is 0.412. The van der Waals surface area contributed by atoms with Crippen molar-refractivity contribution in [2.24, 2.45) is 5.92 Å². The molecule has 0 aliphatic carbocycles. The van der Waals surface area contributed by atoms with Crippen molar-refractivity contribution in [1.29, 1.82) is 0 Å². The summed E-state index contributed by atoms with van der Waals surface area (Å²) in [7, 11) is 0. The molecule has 0 aromatic carbocycles. The molecule has 0 unspecified atom stereocenters. The maximum absolute atomic E-state index is 12.4. The molecule has 1 fully saturated rings. The zero-order valence-corrected chi connectivity index (χ0v) is 14.6. The molecule has 0 bridgehead atoms. The van der Waals surface area contributed by atoms with E-state index in [0.29, 0.717) is 31.1 Å². The SMILES string of the molecule is CC(=O)N1CCC(C(=O)Nc2nc(C)c(-c3ccccn3)s2)CC1. The number of likely N-dealkylation sites (tertiary alicyclic amines) is 1. The van der Waals surface area contributed by atoms with Gasteiger partial charge in [0.05, 0.1) is 16.3 Å². The van der Waals surface area contributed by atoms with Gasteiger partial charge in [0.15, 0.2) is 5.13 Å². The van der Waals surface area contributed by atoms with E-state index < -0.39 is 0 Å². The average Bonchev–Trinajstić information content (AvgIpc) is 2.96. The Kier molecular flexibility index (Phi) is 4.89. The van der Waals surface area contributed by atoms with Gasteiger partial charge in [0.25, 0.3) is 0 Å². The third-order valence-electron chi connectivity index (χ3n) is 4.24. The van der Waals surface area contributed by atoms with Crippen LogP contribution in [-0.4, -0.2) is 39.8 Å². The number of nitrogens with one attached hydrogen (secondary N) is 1. The summed E-state index contributed by atoms with van der Waals surface area (Å²) < 4.78 is 0. The van der Waals surface area contributed by atoms with E-state index in [-0.39, 0.29) is 17.7 Å². The van der Waals surface area contributed by atoms with Crippen molar-refractivity contribution in [2.75, 3.05) is 18.4 Å². The Balaban J connectivity index is 1.65. The Morgan fingerprint density at radius 2 is 2.04 bits per heavy atom. The van der Waals surface area contributed by atoms with Gasteiger partial charge in [0, 0.05) is 32.1 Å². The zero-order valence-electron chi connectivity index (χ0n) is 13.8. The van der Waals surface area contributed by atoms with E-state index in [1.807, 2.05) is 25.1 Å². The quantitative estimate of drug-likeness (QED) is 0.929. The first-order chi connectivity index (χ1) is 11.5. The van der Waals surface area contributed by atoms with Crippen LogP contribution in [0.3, 0.4) is 0 Å². The minimum absolute atomic E-state index is 0.0143. The highest BCUT2D eigenvalue weighted by Gasteiger charge is 2.26. The van der Waals surface area contributed by atoms with E-state index in [1.54, 1.807) is 18.0 Å². The molecular weight excluding hydrogens is 324 g/mol. The molecule has 2 amide bonds. The molecule has 1 aliphatic rings. The van der Waals surface area contributed by atoms with Gasteiger partial charge in [-0.2, -0.15) is 0 Å². The van der Waals surface area contributed by atoms with E-state index in [4.69, 9.17) is 0 Å². The van der Waals surface area contributed by atoms with Gasteiger partial charge in [-0.25, -0.2) is 4.98 Å². The molecular formula is C17H20N4O2S. The molecule has 0 radical (unpaired) electrons. The molecule has 0 atom stereocenters. The summed E-state index contributed by atoms with van der Waals surface area (Å²) in [6.45, 7) is 4.77. The van der Waals surface area contributed by atoms with Crippen LogP contribution < -0.4 is 5.32 Å². The van der Waals surface area contributed by atoms with Crippen LogP contribution in [0.4, 0.5) is 5.13 Å². The molecule has 3 rings (SSSR count). The van der Waals surface area contributed by atoms with E-state index >= 15 is 0 Å². The predicted octanol–water partition coefficient (Wildman–Crippen LogP) is 2.71. The van der Waals surface area contributed by atoms with Gasteiger partial charge in [-0.15, -0.1) is 0 Å². The van der Waals surface area contributed by atoms with Gasteiger partial charge in [0.1, 0.15) is 0 Å². The highest BCUT2D eigenvalue weighted by atomic mass is 32.1. The summed E-state index contributed by atoms with van der Waals surface area (Å²) in [5.74, 6) is -0.00737. The highest BCUT2D eigenvalue weighted by molar-refractivity contribution is 7.19. The first-order valence-corrected chi connectivity index (χ1v) is 8.81. The van der Waals surface area contributed by atoms with Crippen LogP contribution >= 0.6 is 11.3 Å². The number of nitrogens with zero attached hydrogens (tertiary/aromatic N) is 3. The van der Waals surface area contributed by atoms with E-state index in [1.165, 1.54) is 11.3 Å². The number of anilines is 1. The largest absolute Gasteiger partial charge is 0.343 e. The third kappa shape index (κ3) is 3.62. The maximum Gasteiger partial charge on any atom is 0.229 e. The number of thiazole rings is 1. The first-order valence-electron chi connectivity index (χ1n) is 8.00. The van der Waals surface area contributed by atoms with Gasteiger partial charge in [-0.05, 0) is 31.9 Å².